The molecule has 0 amide bonds. The van der Waals surface area contributed by atoms with Crippen LogP contribution in [0, 0.1) is 11.2 Å². The molecular weight excluding hydrogens is 352 g/mol. The molecule has 0 aliphatic carbocycles. The standard InChI is InChI=1S/C16H12Cl2FN5/c17-11-6-3-5-10(13(11)18)14-15(20)22-16(21)24(23-14)8-9-4-1-2-7-12(9)19/h1-7H,8H2,(H3,20,21,22). The van der Waals surface area contributed by atoms with Gasteiger partial charge in [-0.2, -0.15) is 10.1 Å². The quantitative estimate of drug-likeness (QED) is 0.747. The van der Waals surface area contributed by atoms with Crippen molar-refractivity contribution in [2.45, 2.75) is 6.54 Å². The normalized spacial score (nSPS) is 10.8. The molecule has 3 N–H and O–H groups in total. The second kappa shape index (κ2) is 6.59. The number of aromatic nitrogens is 3. The summed E-state index contributed by atoms with van der Waals surface area (Å²) in [6.45, 7) is 0.0456. The van der Waals surface area contributed by atoms with E-state index in [9.17, 15) is 4.39 Å². The first-order chi connectivity index (χ1) is 11.5. The summed E-state index contributed by atoms with van der Waals surface area (Å²) in [5, 5.41) is 12.9. The van der Waals surface area contributed by atoms with Crippen LogP contribution in [-0.4, -0.2) is 14.8 Å². The molecule has 2 aromatic carbocycles. The summed E-state index contributed by atoms with van der Waals surface area (Å²) in [6, 6.07) is 11.3. The number of anilines is 1. The van der Waals surface area contributed by atoms with Crippen molar-refractivity contribution in [2.24, 2.45) is 0 Å². The van der Waals surface area contributed by atoms with Crippen LogP contribution in [0.1, 0.15) is 5.56 Å². The van der Waals surface area contributed by atoms with Crippen LogP contribution >= 0.6 is 23.2 Å². The zero-order valence-corrected chi connectivity index (χ0v) is 13.8. The third kappa shape index (κ3) is 3.11. The highest BCUT2D eigenvalue weighted by Gasteiger charge is 2.15. The van der Waals surface area contributed by atoms with Gasteiger partial charge in [0.05, 0.1) is 16.6 Å². The summed E-state index contributed by atoms with van der Waals surface area (Å²) >= 11 is 12.2. The van der Waals surface area contributed by atoms with Crippen LogP contribution in [-0.2, 0) is 6.54 Å². The van der Waals surface area contributed by atoms with E-state index in [0.29, 0.717) is 16.1 Å². The SMILES string of the molecule is N=c1nc(N)c(-c2cccc(Cl)c2Cl)nn1Cc1ccccc1F. The van der Waals surface area contributed by atoms with Gasteiger partial charge in [0, 0.05) is 11.1 Å². The molecule has 0 saturated heterocycles. The number of halogens is 3. The fourth-order valence-corrected chi connectivity index (χ4v) is 2.61. The Balaban J connectivity index is 2.12. The van der Waals surface area contributed by atoms with Gasteiger partial charge in [-0.3, -0.25) is 5.41 Å². The molecule has 0 atom stereocenters. The number of nitrogens with one attached hydrogen (secondary N) is 1. The first kappa shape index (κ1) is 16.4. The highest BCUT2D eigenvalue weighted by atomic mass is 35.5. The van der Waals surface area contributed by atoms with E-state index in [1.807, 2.05) is 0 Å². The number of nitrogen functional groups attached to an aromatic ring is 1. The van der Waals surface area contributed by atoms with E-state index in [-0.39, 0.29) is 34.5 Å². The van der Waals surface area contributed by atoms with Crippen molar-refractivity contribution < 1.29 is 4.39 Å². The van der Waals surface area contributed by atoms with Crippen molar-refractivity contribution in [3.63, 3.8) is 0 Å². The Hall–Kier alpha value is -2.44. The van der Waals surface area contributed by atoms with Crippen LogP contribution in [0.3, 0.4) is 0 Å². The highest BCUT2D eigenvalue weighted by Crippen LogP contribution is 2.33. The van der Waals surface area contributed by atoms with Gasteiger partial charge >= 0.3 is 0 Å². The number of nitrogens with zero attached hydrogens (tertiary/aromatic N) is 3. The molecule has 0 unspecified atom stereocenters. The summed E-state index contributed by atoms with van der Waals surface area (Å²) in [5.74, 6) is -0.334. The van der Waals surface area contributed by atoms with Crippen LogP contribution in [0.5, 0.6) is 0 Å². The lowest BCUT2D eigenvalue weighted by Crippen LogP contribution is -2.28. The average Bonchev–Trinajstić information content (AvgIpc) is 2.55. The van der Waals surface area contributed by atoms with Gasteiger partial charge < -0.3 is 5.73 Å². The Morgan fingerprint density at radius 3 is 2.62 bits per heavy atom. The fraction of sp³-hybridized carbons (Fsp3) is 0.0625. The van der Waals surface area contributed by atoms with E-state index in [2.05, 4.69) is 10.1 Å². The molecule has 0 fully saturated rings. The second-order valence-corrected chi connectivity index (χ2v) is 5.80. The smallest absolute Gasteiger partial charge is 0.241 e. The number of benzene rings is 2. The first-order valence-corrected chi connectivity index (χ1v) is 7.70. The van der Waals surface area contributed by atoms with Crippen LogP contribution in [0.25, 0.3) is 11.3 Å². The topological polar surface area (TPSA) is 80.6 Å². The molecule has 0 saturated carbocycles. The minimum Gasteiger partial charge on any atom is -0.382 e. The third-order valence-electron chi connectivity index (χ3n) is 3.42. The van der Waals surface area contributed by atoms with E-state index in [4.69, 9.17) is 34.3 Å². The predicted octanol–water partition coefficient (Wildman–Crippen LogP) is 3.50. The molecule has 3 rings (SSSR count). The minimum atomic E-state index is -0.384. The summed E-state index contributed by atoms with van der Waals surface area (Å²) in [7, 11) is 0. The molecule has 122 valence electrons. The first-order valence-electron chi connectivity index (χ1n) is 6.94. The number of hydrogen-bond donors (Lipinski definition) is 2. The molecular formula is C16H12Cl2FN5. The number of nitrogens with two attached hydrogens (primary N) is 1. The largest absolute Gasteiger partial charge is 0.382 e. The van der Waals surface area contributed by atoms with Gasteiger partial charge in [-0.15, -0.1) is 0 Å². The van der Waals surface area contributed by atoms with E-state index >= 15 is 0 Å². The lowest BCUT2D eigenvalue weighted by atomic mass is 10.1. The van der Waals surface area contributed by atoms with E-state index in [1.165, 1.54) is 10.7 Å². The molecule has 0 spiro atoms. The van der Waals surface area contributed by atoms with Gasteiger partial charge in [0.15, 0.2) is 5.82 Å². The van der Waals surface area contributed by atoms with Gasteiger partial charge in [0.2, 0.25) is 5.62 Å². The van der Waals surface area contributed by atoms with Crippen molar-refractivity contribution >= 4 is 29.0 Å². The molecule has 0 radical (unpaired) electrons. The predicted molar refractivity (Wildman–Crippen MR) is 91.2 cm³/mol. The molecule has 1 aromatic heterocycles. The van der Waals surface area contributed by atoms with Gasteiger partial charge in [-0.1, -0.05) is 53.5 Å². The van der Waals surface area contributed by atoms with Gasteiger partial charge in [0.1, 0.15) is 11.5 Å². The third-order valence-corrected chi connectivity index (χ3v) is 4.24. The molecule has 8 heteroatoms. The summed E-state index contributed by atoms with van der Waals surface area (Å²) in [4.78, 5) is 3.97. The molecule has 0 aliphatic heterocycles. The molecule has 3 aromatic rings. The van der Waals surface area contributed by atoms with Crippen molar-refractivity contribution in [1.82, 2.24) is 14.8 Å². The lowest BCUT2D eigenvalue weighted by Gasteiger charge is -2.12. The van der Waals surface area contributed by atoms with E-state index < -0.39 is 0 Å². The molecule has 0 bridgehead atoms. The second-order valence-electron chi connectivity index (χ2n) is 5.02. The Morgan fingerprint density at radius 1 is 1.12 bits per heavy atom. The maximum absolute atomic E-state index is 13.8. The van der Waals surface area contributed by atoms with Crippen molar-refractivity contribution in [1.29, 1.82) is 5.41 Å². The van der Waals surface area contributed by atoms with Crippen LogP contribution < -0.4 is 11.4 Å². The molecule has 24 heavy (non-hydrogen) atoms. The zero-order valence-electron chi connectivity index (χ0n) is 12.3. The van der Waals surface area contributed by atoms with E-state index in [1.54, 1.807) is 36.4 Å². The number of rotatable bonds is 3. The summed E-state index contributed by atoms with van der Waals surface area (Å²) in [6.07, 6.45) is 0. The van der Waals surface area contributed by atoms with Crippen LogP contribution in [0.4, 0.5) is 10.2 Å². The Kier molecular flexibility index (Phi) is 4.51. The van der Waals surface area contributed by atoms with Gasteiger partial charge in [0.25, 0.3) is 0 Å². The van der Waals surface area contributed by atoms with Crippen molar-refractivity contribution in [2.75, 3.05) is 5.73 Å². The fourth-order valence-electron chi connectivity index (χ4n) is 2.22. The Bertz CT molecular complexity index is 971. The van der Waals surface area contributed by atoms with Gasteiger partial charge in [-0.05, 0) is 12.1 Å². The van der Waals surface area contributed by atoms with Crippen molar-refractivity contribution in [3.8, 4) is 11.3 Å². The monoisotopic (exact) mass is 363 g/mol. The minimum absolute atomic E-state index is 0.0456. The maximum atomic E-state index is 13.8. The highest BCUT2D eigenvalue weighted by molar-refractivity contribution is 6.43. The zero-order chi connectivity index (χ0) is 17.3. The lowest BCUT2D eigenvalue weighted by molar-refractivity contribution is 0.555. The van der Waals surface area contributed by atoms with E-state index in [0.717, 1.165) is 0 Å². The summed E-state index contributed by atoms with van der Waals surface area (Å²) in [5.41, 5.74) is 6.87. The molecule has 5 nitrogen and oxygen atoms in total. The Morgan fingerprint density at radius 2 is 1.88 bits per heavy atom. The van der Waals surface area contributed by atoms with Crippen molar-refractivity contribution in [3.05, 3.63) is 69.5 Å². The Labute approximate surface area is 147 Å². The van der Waals surface area contributed by atoms with Crippen LogP contribution in [0.15, 0.2) is 42.5 Å². The summed E-state index contributed by atoms with van der Waals surface area (Å²) < 4.78 is 15.1. The number of hydrogen-bond acceptors (Lipinski definition) is 4. The molecule has 1 heterocycles. The molecule has 0 aliphatic rings. The maximum Gasteiger partial charge on any atom is 0.241 e. The van der Waals surface area contributed by atoms with Gasteiger partial charge in [-0.25, -0.2) is 9.07 Å². The van der Waals surface area contributed by atoms with Crippen LogP contribution in [0.2, 0.25) is 10.0 Å². The average molecular weight is 364 g/mol.